The average molecular weight is 801 g/mol. The van der Waals surface area contributed by atoms with Crippen molar-refractivity contribution >= 4 is 46.4 Å². The highest BCUT2D eigenvalue weighted by molar-refractivity contribution is 7.13. The van der Waals surface area contributed by atoms with E-state index >= 15 is 0 Å². The number of aryl methyl sites for hydroxylation is 3. The summed E-state index contributed by atoms with van der Waals surface area (Å²) in [5.41, 5.74) is 0.425. The second kappa shape index (κ2) is 16.6. The molecule has 55 heavy (non-hydrogen) atoms. The van der Waals surface area contributed by atoms with E-state index in [-0.39, 0.29) is 36.2 Å². The maximum atomic E-state index is 13.0. The minimum atomic E-state index is -4.63. The maximum absolute atomic E-state index is 13.0. The standard InChI is InChI=1S/C21H18ClF3N4O2S.C8H10N2O2.C7H8N2O2/c1-11(5-16(30)15-9-27-19-3-2-4-29(15)19)20-28-10-18(32-20)17(31)7-12-6-13(21(23,24)25)14(22)8-26-12;1-12-8(11)6-5-9-7-3-2-4-10(6)7;10-7(11)5-4-8-6-2-1-3-9(5)6/h6,8-11H,2-5,7H2,1H3;5H,2-4H2,1H3;4H,1-3H2,(H,10,11)/t11-;;/m0../s1. The zero-order valence-electron chi connectivity index (χ0n) is 29.8. The highest BCUT2D eigenvalue weighted by atomic mass is 35.5. The summed E-state index contributed by atoms with van der Waals surface area (Å²) in [4.78, 5) is 67.8. The van der Waals surface area contributed by atoms with Crippen LogP contribution >= 0.6 is 22.9 Å². The molecule has 0 spiro atoms. The molecule has 0 saturated heterocycles. The molecule has 14 nitrogen and oxygen atoms in total. The third kappa shape index (κ3) is 8.85. The molecule has 0 bridgehead atoms. The lowest BCUT2D eigenvalue weighted by Gasteiger charge is -2.09. The lowest BCUT2D eigenvalue weighted by atomic mass is 10.0. The second-order valence-corrected chi connectivity index (χ2v) is 14.6. The number of ether oxygens (including phenoxy) is 1. The van der Waals surface area contributed by atoms with Crippen LogP contribution in [0.3, 0.4) is 0 Å². The van der Waals surface area contributed by atoms with Crippen LogP contribution < -0.4 is 0 Å². The number of methoxy groups -OCH3 is 1. The Bertz CT molecular complexity index is 2240. The Kier molecular flexibility index (Phi) is 11.9. The fourth-order valence-corrected chi connectivity index (χ4v) is 7.71. The quantitative estimate of drug-likeness (QED) is 0.131. The summed E-state index contributed by atoms with van der Waals surface area (Å²) in [6, 6.07) is 0.785. The second-order valence-electron chi connectivity index (χ2n) is 13.1. The van der Waals surface area contributed by atoms with Crippen molar-refractivity contribution in [2.75, 3.05) is 7.11 Å². The first-order valence-corrected chi connectivity index (χ1v) is 18.6. The Morgan fingerprint density at radius 2 is 1.36 bits per heavy atom. The van der Waals surface area contributed by atoms with E-state index in [2.05, 4.69) is 29.7 Å². The van der Waals surface area contributed by atoms with Crippen molar-refractivity contribution in [2.45, 2.75) is 90.0 Å². The third-order valence-corrected chi connectivity index (χ3v) is 10.9. The number of fused-ring (bicyclic) bond motifs is 3. The molecule has 290 valence electrons. The van der Waals surface area contributed by atoms with Gasteiger partial charge in [-0.3, -0.25) is 14.6 Å². The van der Waals surface area contributed by atoms with Gasteiger partial charge in [-0.05, 0) is 25.3 Å². The number of rotatable bonds is 9. The van der Waals surface area contributed by atoms with E-state index < -0.39 is 28.5 Å². The number of alkyl halides is 3. The topological polar surface area (TPSA) is 177 Å². The molecule has 0 fully saturated rings. The number of aromatic carboxylic acids is 1. The number of hydrogen-bond acceptors (Lipinski definition) is 11. The highest BCUT2D eigenvalue weighted by Gasteiger charge is 2.34. The van der Waals surface area contributed by atoms with Gasteiger partial charge in [0.2, 0.25) is 0 Å². The number of imidazole rings is 3. The van der Waals surface area contributed by atoms with Gasteiger partial charge in [-0.25, -0.2) is 29.5 Å². The minimum absolute atomic E-state index is 0.0283. The van der Waals surface area contributed by atoms with Crippen molar-refractivity contribution in [2.24, 2.45) is 0 Å². The molecule has 0 amide bonds. The SMILES string of the molecule is COC(=O)c1cnc2n1CCC2.C[C@@H](CC(=O)c1cnc2n1CCC2)c1ncc(C(=O)Cc2cc(C(F)(F)F)c(Cl)cn2)s1.O=C(O)c1cnc2n1CCC2. The Morgan fingerprint density at radius 1 is 0.818 bits per heavy atom. The first-order valence-electron chi connectivity index (χ1n) is 17.4. The Balaban J connectivity index is 0.000000180. The number of thiazole rings is 1. The van der Waals surface area contributed by atoms with E-state index in [0.29, 0.717) is 27.0 Å². The molecule has 0 aromatic carbocycles. The minimum Gasteiger partial charge on any atom is -0.477 e. The summed E-state index contributed by atoms with van der Waals surface area (Å²) in [5, 5.41) is 8.77. The van der Waals surface area contributed by atoms with Crippen LogP contribution in [0.1, 0.15) is 113 Å². The number of ketones is 2. The van der Waals surface area contributed by atoms with Gasteiger partial charge in [-0.15, -0.1) is 11.3 Å². The largest absolute Gasteiger partial charge is 0.477 e. The zero-order chi connectivity index (χ0) is 39.4. The van der Waals surface area contributed by atoms with Gasteiger partial charge in [0.25, 0.3) is 0 Å². The highest BCUT2D eigenvalue weighted by Crippen LogP contribution is 2.35. The lowest BCUT2D eigenvalue weighted by Crippen LogP contribution is -2.10. The van der Waals surface area contributed by atoms with Crippen LogP contribution in [-0.2, 0) is 56.2 Å². The van der Waals surface area contributed by atoms with Gasteiger partial charge in [0.1, 0.15) is 34.6 Å². The molecule has 8 heterocycles. The van der Waals surface area contributed by atoms with Gasteiger partial charge in [0, 0.05) is 69.3 Å². The van der Waals surface area contributed by atoms with E-state index in [1.807, 2.05) is 16.1 Å². The maximum Gasteiger partial charge on any atom is 0.417 e. The van der Waals surface area contributed by atoms with Crippen LogP contribution in [0.4, 0.5) is 13.2 Å². The van der Waals surface area contributed by atoms with Crippen molar-refractivity contribution < 1.29 is 42.2 Å². The Labute approximate surface area is 321 Å². The van der Waals surface area contributed by atoms with Crippen LogP contribution in [0.15, 0.2) is 37.1 Å². The number of hydrogen-bond donors (Lipinski definition) is 1. The normalized spacial score (nSPS) is 14.5. The molecule has 1 N–H and O–H groups in total. The van der Waals surface area contributed by atoms with Gasteiger partial charge < -0.3 is 23.5 Å². The van der Waals surface area contributed by atoms with Crippen LogP contribution in [0.5, 0.6) is 0 Å². The number of carbonyl (C=O) groups excluding carboxylic acids is 3. The Morgan fingerprint density at radius 3 is 1.93 bits per heavy atom. The lowest BCUT2D eigenvalue weighted by molar-refractivity contribution is -0.137. The zero-order valence-corrected chi connectivity index (χ0v) is 31.4. The average Bonchev–Trinajstić information content (AvgIpc) is 3.98. The summed E-state index contributed by atoms with van der Waals surface area (Å²) in [7, 11) is 1.39. The van der Waals surface area contributed by atoms with Crippen molar-refractivity contribution in [1.29, 1.82) is 0 Å². The first kappa shape index (κ1) is 39.5. The molecule has 19 heteroatoms. The number of aromatic nitrogens is 8. The Hall–Kier alpha value is -5.23. The molecular formula is C36H36ClF3N8O6S. The molecule has 0 unspecified atom stereocenters. The van der Waals surface area contributed by atoms with Gasteiger partial charge in [-0.1, -0.05) is 18.5 Å². The van der Waals surface area contributed by atoms with E-state index in [9.17, 15) is 32.3 Å². The predicted octanol–water partition coefficient (Wildman–Crippen LogP) is 6.30. The number of Topliss-reactive ketones (excluding diaryl/α,β-unsaturated/α-hetero) is 2. The molecule has 3 aliphatic rings. The molecule has 0 aliphatic carbocycles. The number of nitrogens with zero attached hydrogens (tertiary/aromatic N) is 8. The molecule has 3 aliphatic heterocycles. The molecule has 5 aromatic rings. The van der Waals surface area contributed by atoms with Crippen molar-refractivity contribution in [3.8, 4) is 0 Å². The molecule has 0 radical (unpaired) electrons. The molecular weight excluding hydrogens is 765 g/mol. The van der Waals surface area contributed by atoms with E-state index in [1.165, 1.54) is 19.5 Å². The van der Waals surface area contributed by atoms with Crippen molar-refractivity contribution in [1.82, 2.24) is 38.6 Å². The van der Waals surface area contributed by atoms with E-state index in [4.69, 9.17) is 16.7 Å². The predicted molar refractivity (Wildman–Crippen MR) is 192 cm³/mol. The van der Waals surface area contributed by atoms with Crippen LogP contribution in [0.25, 0.3) is 0 Å². The summed E-state index contributed by atoms with van der Waals surface area (Å²) < 4.78 is 49.3. The number of esters is 1. The van der Waals surface area contributed by atoms with E-state index in [1.54, 1.807) is 17.0 Å². The van der Waals surface area contributed by atoms with Gasteiger partial charge in [0.05, 0.1) is 52.6 Å². The number of pyridine rings is 1. The van der Waals surface area contributed by atoms with Crippen molar-refractivity contribution in [3.63, 3.8) is 0 Å². The fraction of sp³-hybridized carbons (Fsp3) is 0.417. The summed E-state index contributed by atoms with van der Waals surface area (Å²) in [5.74, 6) is 0.994. The molecule has 0 saturated carbocycles. The van der Waals surface area contributed by atoms with Crippen LogP contribution in [-0.4, -0.2) is 74.3 Å². The monoisotopic (exact) mass is 800 g/mol. The number of carbonyl (C=O) groups is 4. The van der Waals surface area contributed by atoms with Gasteiger partial charge in [-0.2, -0.15) is 13.2 Å². The number of halogens is 4. The smallest absolute Gasteiger partial charge is 0.417 e. The summed E-state index contributed by atoms with van der Waals surface area (Å²) in [6.45, 7) is 4.33. The van der Waals surface area contributed by atoms with E-state index in [0.717, 1.165) is 99.2 Å². The third-order valence-electron chi connectivity index (χ3n) is 9.33. The summed E-state index contributed by atoms with van der Waals surface area (Å²) >= 11 is 6.71. The van der Waals surface area contributed by atoms with Gasteiger partial charge >= 0.3 is 18.1 Å². The fourth-order valence-electron chi connectivity index (χ4n) is 6.60. The molecule has 8 rings (SSSR count). The number of carboxylic acid groups (broad SMARTS) is 1. The summed E-state index contributed by atoms with van der Waals surface area (Å²) in [6.07, 6.45) is 8.00. The van der Waals surface area contributed by atoms with Crippen LogP contribution in [0.2, 0.25) is 5.02 Å². The number of carboxylic acids is 1. The van der Waals surface area contributed by atoms with Crippen molar-refractivity contribution in [3.05, 3.63) is 97.8 Å². The first-order chi connectivity index (χ1) is 26.2. The van der Waals surface area contributed by atoms with Gasteiger partial charge in [0.15, 0.2) is 11.6 Å². The molecule has 1 atom stereocenters. The van der Waals surface area contributed by atoms with Crippen LogP contribution in [0, 0.1) is 0 Å². The molecule has 5 aromatic heterocycles.